The van der Waals surface area contributed by atoms with Crippen LogP contribution in [0.4, 0.5) is 19.0 Å². The molecule has 4 aromatic rings. The van der Waals surface area contributed by atoms with E-state index in [1.54, 1.807) is 6.92 Å². The van der Waals surface area contributed by atoms with Gasteiger partial charge in [0, 0.05) is 22.3 Å². The van der Waals surface area contributed by atoms with Gasteiger partial charge in [-0.05, 0) is 35.0 Å². The summed E-state index contributed by atoms with van der Waals surface area (Å²) in [5.74, 6) is 0.308. The van der Waals surface area contributed by atoms with Gasteiger partial charge in [0.05, 0.1) is 24.0 Å². The van der Waals surface area contributed by atoms with Crippen molar-refractivity contribution in [2.24, 2.45) is 0 Å². The summed E-state index contributed by atoms with van der Waals surface area (Å²) in [4.78, 5) is 18.2. The number of halogens is 4. The van der Waals surface area contributed by atoms with Crippen LogP contribution in [-0.2, 0) is 0 Å². The molecule has 0 bridgehead atoms. The largest absolute Gasteiger partial charge is 0.573 e. The smallest absolute Gasteiger partial charge is 0.406 e. The van der Waals surface area contributed by atoms with Gasteiger partial charge in [0.25, 0.3) is 0 Å². The Morgan fingerprint density at radius 2 is 1.77 bits per heavy atom. The Bertz CT molecular complexity index is 1190. The summed E-state index contributed by atoms with van der Waals surface area (Å²) in [6.07, 6.45) is 2.52. The fourth-order valence-corrected chi connectivity index (χ4v) is 3.35. The first-order chi connectivity index (χ1) is 14.3. The van der Waals surface area contributed by atoms with Crippen LogP contribution in [0.1, 0.15) is 18.7 Å². The van der Waals surface area contributed by atoms with Crippen LogP contribution in [0.15, 0.2) is 47.7 Å². The van der Waals surface area contributed by atoms with Crippen LogP contribution >= 0.6 is 15.9 Å². The van der Waals surface area contributed by atoms with Crippen molar-refractivity contribution < 1.29 is 17.9 Å². The number of anilines is 1. The second kappa shape index (κ2) is 7.82. The highest BCUT2D eigenvalue weighted by atomic mass is 79.9. The molecule has 1 aromatic carbocycles. The van der Waals surface area contributed by atoms with E-state index >= 15 is 0 Å². The van der Waals surface area contributed by atoms with E-state index < -0.39 is 18.2 Å². The Labute approximate surface area is 175 Å². The number of benzene rings is 1. The number of hydrogen-bond donors (Lipinski definition) is 1. The summed E-state index contributed by atoms with van der Waals surface area (Å²) in [5.41, 5.74) is 0.935. The molecule has 13 heteroatoms. The summed E-state index contributed by atoms with van der Waals surface area (Å²) in [6.45, 7) is 1.80. The Morgan fingerprint density at radius 1 is 1.03 bits per heavy atom. The number of aromatic nitrogens is 7. The number of hydrogen-bond acceptors (Lipinski definition) is 8. The van der Waals surface area contributed by atoms with Crippen molar-refractivity contribution in [3.8, 4) is 11.6 Å². The lowest BCUT2D eigenvalue weighted by Gasteiger charge is -2.18. The maximum Gasteiger partial charge on any atom is 0.573 e. The lowest BCUT2D eigenvalue weighted by Crippen LogP contribution is -2.17. The molecule has 0 aliphatic carbocycles. The number of fused-ring (bicyclic) bond motifs is 1. The van der Waals surface area contributed by atoms with Crippen molar-refractivity contribution in [3.63, 3.8) is 0 Å². The van der Waals surface area contributed by atoms with Gasteiger partial charge in [-0.3, -0.25) is 4.98 Å². The highest BCUT2D eigenvalue weighted by Crippen LogP contribution is 2.34. The average Bonchev–Trinajstić information content (AvgIpc) is 3.22. The molecule has 0 radical (unpaired) electrons. The van der Waals surface area contributed by atoms with Gasteiger partial charge in [0.1, 0.15) is 23.6 Å². The molecule has 0 aliphatic rings. The van der Waals surface area contributed by atoms with Gasteiger partial charge in [-0.1, -0.05) is 0 Å². The Hall–Kier alpha value is -3.35. The van der Waals surface area contributed by atoms with Gasteiger partial charge in [-0.2, -0.15) is 10.2 Å². The zero-order valence-electron chi connectivity index (χ0n) is 15.2. The van der Waals surface area contributed by atoms with Gasteiger partial charge in [-0.25, -0.2) is 15.0 Å². The predicted octanol–water partition coefficient (Wildman–Crippen LogP) is 3.83. The lowest BCUT2D eigenvalue weighted by molar-refractivity contribution is -0.274. The fourth-order valence-electron chi connectivity index (χ4n) is 2.81. The summed E-state index contributed by atoms with van der Waals surface area (Å²) in [7, 11) is 0. The molecule has 0 fully saturated rings. The maximum absolute atomic E-state index is 12.7. The SMILES string of the molecule is CC(Nc1ncnc2c(Br)cc(OC(F)(F)F)cc12)c1nccnc1-n1nccn1. The summed E-state index contributed by atoms with van der Waals surface area (Å²) in [5, 5.41) is 11.6. The molecule has 30 heavy (non-hydrogen) atoms. The molecule has 1 atom stereocenters. The third-order valence-corrected chi connectivity index (χ3v) is 4.58. The summed E-state index contributed by atoms with van der Waals surface area (Å²) < 4.78 is 42.4. The molecular formula is C17H12BrF3N8O. The number of alkyl halides is 3. The molecule has 0 amide bonds. The van der Waals surface area contributed by atoms with E-state index in [1.165, 1.54) is 48.0 Å². The quantitative estimate of drug-likeness (QED) is 0.459. The number of ether oxygens (including phenoxy) is 1. The molecule has 4 rings (SSSR count). The second-order valence-electron chi connectivity index (χ2n) is 6.02. The molecular weight excluding hydrogens is 469 g/mol. The standard InChI is InChI=1S/C17H12BrF3N8O/c1-9(13-16(23-3-2-22-13)29-26-4-5-27-29)28-15-11-6-10(30-17(19,20)21)7-12(18)14(11)24-8-25-15/h2-9H,1H3,(H,24,25,28). The van der Waals surface area contributed by atoms with E-state index in [2.05, 4.69) is 56.1 Å². The third kappa shape index (κ3) is 4.15. The lowest BCUT2D eigenvalue weighted by atomic mass is 10.2. The molecule has 9 nitrogen and oxygen atoms in total. The highest BCUT2D eigenvalue weighted by molar-refractivity contribution is 9.10. The Balaban J connectivity index is 1.72. The van der Waals surface area contributed by atoms with Crippen LogP contribution in [0, 0.1) is 0 Å². The molecule has 0 saturated carbocycles. The van der Waals surface area contributed by atoms with Gasteiger partial charge in [-0.15, -0.1) is 18.0 Å². The van der Waals surface area contributed by atoms with Crippen molar-refractivity contribution >= 4 is 32.7 Å². The monoisotopic (exact) mass is 480 g/mol. The van der Waals surface area contributed by atoms with Crippen molar-refractivity contribution in [2.75, 3.05) is 5.32 Å². The van der Waals surface area contributed by atoms with Gasteiger partial charge in [0.15, 0.2) is 5.82 Å². The highest BCUT2D eigenvalue weighted by Gasteiger charge is 2.31. The minimum atomic E-state index is -4.82. The van der Waals surface area contributed by atoms with Crippen molar-refractivity contribution in [3.05, 3.63) is 53.4 Å². The third-order valence-electron chi connectivity index (χ3n) is 3.98. The van der Waals surface area contributed by atoms with E-state index in [9.17, 15) is 13.2 Å². The van der Waals surface area contributed by atoms with Gasteiger partial charge in [0.2, 0.25) is 0 Å². The van der Waals surface area contributed by atoms with Crippen LogP contribution in [0.5, 0.6) is 5.75 Å². The van der Waals surface area contributed by atoms with E-state index in [4.69, 9.17) is 0 Å². The Kier molecular flexibility index (Phi) is 5.20. The minimum absolute atomic E-state index is 0.297. The average molecular weight is 481 g/mol. The topological polar surface area (TPSA) is 104 Å². The molecule has 0 saturated heterocycles. The van der Waals surface area contributed by atoms with Crippen molar-refractivity contribution in [1.29, 1.82) is 0 Å². The van der Waals surface area contributed by atoms with Gasteiger partial charge < -0.3 is 10.1 Å². The molecule has 0 spiro atoms. The number of nitrogens with zero attached hydrogens (tertiary/aromatic N) is 7. The van der Waals surface area contributed by atoms with Crippen molar-refractivity contribution in [1.82, 2.24) is 34.9 Å². The minimum Gasteiger partial charge on any atom is -0.406 e. The Morgan fingerprint density at radius 3 is 2.50 bits per heavy atom. The molecule has 3 aromatic heterocycles. The first-order valence-electron chi connectivity index (χ1n) is 8.46. The second-order valence-corrected chi connectivity index (χ2v) is 6.88. The van der Waals surface area contributed by atoms with Crippen LogP contribution in [-0.4, -0.2) is 41.3 Å². The normalized spacial score (nSPS) is 12.7. The number of rotatable bonds is 5. The van der Waals surface area contributed by atoms with Crippen LogP contribution in [0.2, 0.25) is 0 Å². The fraction of sp³-hybridized carbons (Fsp3) is 0.176. The molecule has 0 aliphatic heterocycles. The number of nitrogens with one attached hydrogen (secondary N) is 1. The zero-order chi connectivity index (χ0) is 21.3. The van der Waals surface area contributed by atoms with E-state index in [0.717, 1.165) is 0 Å². The molecule has 1 unspecified atom stereocenters. The molecule has 3 heterocycles. The van der Waals surface area contributed by atoms with Crippen LogP contribution < -0.4 is 10.1 Å². The zero-order valence-corrected chi connectivity index (χ0v) is 16.8. The van der Waals surface area contributed by atoms with E-state index in [0.29, 0.717) is 32.7 Å². The van der Waals surface area contributed by atoms with Gasteiger partial charge >= 0.3 is 6.36 Å². The van der Waals surface area contributed by atoms with E-state index in [1.807, 2.05) is 0 Å². The summed E-state index contributed by atoms with van der Waals surface area (Å²) in [6, 6.07) is 1.97. The van der Waals surface area contributed by atoms with Crippen LogP contribution in [0.25, 0.3) is 16.7 Å². The van der Waals surface area contributed by atoms with Crippen LogP contribution in [0.3, 0.4) is 0 Å². The molecule has 154 valence electrons. The summed E-state index contributed by atoms with van der Waals surface area (Å²) >= 11 is 3.23. The van der Waals surface area contributed by atoms with Crippen molar-refractivity contribution in [2.45, 2.75) is 19.3 Å². The molecule has 1 N–H and O–H groups in total. The first-order valence-corrected chi connectivity index (χ1v) is 9.25. The first kappa shape index (κ1) is 19.9. The maximum atomic E-state index is 12.7. The predicted molar refractivity (Wildman–Crippen MR) is 103 cm³/mol. The van der Waals surface area contributed by atoms with E-state index in [-0.39, 0.29) is 0 Å².